The summed E-state index contributed by atoms with van der Waals surface area (Å²) in [6, 6.07) is 0. The molecule has 1 aliphatic rings. The van der Waals surface area contributed by atoms with Gasteiger partial charge in [-0.3, -0.25) is 0 Å². The maximum Gasteiger partial charge on any atom is 0.390 e. The second-order valence-electron chi connectivity index (χ2n) is 3.30. The number of halogens is 3. The molecule has 0 aromatic heterocycles. The molecule has 0 saturated carbocycles. The van der Waals surface area contributed by atoms with Crippen LogP contribution in [0.2, 0.25) is 0 Å². The zero-order valence-electron chi connectivity index (χ0n) is 6.47. The van der Waals surface area contributed by atoms with E-state index < -0.39 is 39.4 Å². The summed E-state index contributed by atoms with van der Waals surface area (Å²) >= 11 is 0. The first kappa shape index (κ1) is 10.5. The molecule has 0 bridgehead atoms. The summed E-state index contributed by atoms with van der Waals surface area (Å²) < 4.78 is 56.8. The topological polar surface area (TPSA) is 51.2 Å². The molecular formula is C6H7F3O3S. The second-order valence-corrected chi connectivity index (χ2v) is 5.37. The third-order valence-corrected chi connectivity index (χ3v) is 3.85. The number of hydrogen-bond donors (Lipinski definition) is 0. The highest BCUT2D eigenvalue weighted by molar-refractivity contribution is 7.93. The molecule has 76 valence electrons. The minimum absolute atomic E-state index is 0.0988. The fourth-order valence-electron chi connectivity index (χ4n) is 1.44. The van der Waals surface area contributed by atoms with Crippen molar-refractivity contribution in [3.63, 3.8) is 0 Å². The van der Waals surface area contributed by atoms with Crippen molar-refractivity contribution in [1.29, 1.82) is 0 Å². The Labute approximate surface area is 72.8 Å². The maximum atomic E-state index is 11.9. The monoisotopic (exact) mass is 216 g/mol. The summed E-state index contributed by atoms with van der Waals surface area (Å²) in [5, 5.41) is 0. The van der Waals surface area contributed by atoms with Crippen molar-refractivity contribution in [3.8, 4) is 0 Å². The standard InChI is InChI=1S/C6H7F3O3S/c7-6(8,9)1-5(2-10)3-13(11,12)4-5/h2H,1,3-4H2. The Hall–Kier alpha value is -0.590. The van der Waals surface area contributed by atoms with Gasteiger partial charge in [-0.25, -0.2) is 8.42 Å². The quantitative estimate of drug-likeness (QED) is 0.633. The molecular weight excluding hydrogens is 209 g/mol. The number of alkyl halides is 3. The molecule has 0 radical (unpaired) electrons. The van der Waals surface area contributed by atoms with Crippen molar-refractivity contribution in [2.45, 2.75) is 12.6 Å². The fraction of sp³-hybridized carbons (Fsp3) is 0.833. The molecule has 0 atom stereocenters. The molecule has 0 amide bonds. The largest absolute Gasteiger partial charge is 0.390 e. The van der Waals surface area contributed by atoms with E-state index in [0.29, 0.717) is 0 Å². The minimum Gasteiger partial charge on any atom is -0.303 e. The summed E-state index contributed by atoms with van der Waals surface area (Å²) in [5.74, 6) is -1.36. The molecule has 0 aliphatic carbocycles. The molecule has 0 N–H and O–H groups in total. The van der Waals surface area contributed by atoms with E-state index in [-0.39, 0.29) is 6.29 Å². The smallest absolute Gasteiger partial charge is 0.303 e. The third-order valence-electron chi connectivity index (χ3n) is 1.82. The summed E-state index contributed by atoms with van der Waals surface area (Å²) in [5.41, 5.74) is -1.71. The van der Waals surface area contributed by atoms with E-state index >= 15 is 0 Å². The first-order valence-corrected chi connectivity index (χ1v) is 5.24. The number of hydrogen-bond acceptors (Lipinski definition) is 3. The predicted molar refractivity (Wildman–Crippen MR) is 37.8 cm³/mol. The van der Waals surface area contributed by atoms with Crippen LogP contribution in [-0.2, 0) is 14.6 Å². The Morgan fingerprint density at radius 3 is 2.00 bits per heavy atom. The van der Waals surface area contributed by atoms with Gasteiger partial charge in [0.2, 0.25) is 0 Å². The Balaban J connectivity index is 2.72. The van der Waals surface area contributed by atoms with E-state index in [1.807, 2.05) is 0 Å². The molecule has 1 fully saturated rings. The van der Waals surface area contributed by atoms with Crippen LogP contribution in [0.25, 0.3) is 0 Å². The van der Waals surface area contributed by atoms with Crippen LogP contribution in [0.4, 0.5) is 13.2 Å². The molecule has 0 spiro atoms. The highest BCUT2D eigenvalue weighted by Crippen LogP contribution is 2.40. The average Bonchev–Trinajstić information content (AvgIpc) is 1.79. The normalized spacial score (nSPS) is 24.8. The van der Waals surface area contributed by atoms with Crippen LogP contribution < -0.4 is 0 Å². The van der Waals surface area contributed by atoms with Crippen LogP contribution in [-0.4, -0.2) is 32.4 Å². The van der Waals surface area contributed by atoms with Gasteiger partial charge in [0.25, 0.3) is 0 Å². The Kier molecular flexibility index (Phi) is 2.18. The van der Waals surface area contributed by atoms with Crippen LogP contribution in [0, 0.1) is 5.41 Å². The molecule has 1 saturated heterocycles. The number of rotatable bonds is 2. The van der Waals surface area contributed by atoms with Gasteiger partial charge in [0.1, 0.15) is 6.29 Å². The van der Waals surface area contributed by atoms with Crippen molar-refractivity contribution in [2.75, 3.05) is 11.5 Å². The lowest BCUT2D eigenvalue weighted by atomic mass is 9.89. The zero-order valence-corrected chi connectivity index (χ0v) is 7.28. The third kappa shape index (κ3) is 2.43. The van der Waals surface area contributed by atoms with Gasteiger partial charge < -0.3 is 4.79 Å². The number of sulfone groups is 1. The summed E-state index contributed by atoms with van der Waals surface area (Å²) in [7, 11) is -3.40. The molecule has 7 heteroatoms. The highest BCUT2D eigenvalue weighted by atomic mass is 32.2. The Morgan fingerprint density at radius 1 is 1.31 bits per heavy atom. The van der Waals surface area contributed by atoms with E-state index in [0.717, 1.165) is 0 Å². The number of carbonyl (C=O) groups excluding carboxylic acids is 1. The Bertz CT molecular complexity index is 305. The van der Waals surface area contributed by atoms with E-state index in [1.54, 1.807) is 0 Å². The molecule has 1 heterocycles. The highest BCUT2D eigenvalue weighted by Gasteiger charge is 2.54. The van der Waals surface area contributed by atoms with E-state index in [1.165, 1.54) is 0 Å². The molecule has 0 aromatic rings. The molecule has 3 nitrogen and oxygen atoms in total. The van der Waals surface area contributed by atoms with E-state index in [9.17, 15) is 26.4 Å². The van der Waals surface area contributed by atoms with Gasteiger partial charge in [0.05, 0.1) is 23.3 Å². The van der Waals surface area contributed by atoms with Crippen LogP contribution in [0.15, 0.2) is 0 Å². The molecule has 13 heavy (non-hydrogen) atoms. The van der Waals surface area contributed by atoms with Crippen LogP contribution in [0.3, 0.4) is 0 Å². The van der Waals surface area contributed by atoms with E-state index in [2.05, 4.69) is 0 Å². The zero-order chi connectivity index (χ0) is 10.3. The van der Waals surface area contributed by atoms with Crippen LogP contribution in [0.1, 0.15) is 6.42 Å². The Morgan fingerprint density at radius 2 is 1.77 bits per heavy atom. The lowest BCUT2D eigenvalue weighted by Crippen LogP contribution is -2.51. The molecule has 0 aromatic carbocycles. The van der Waals surface area contributed by atoms with Crippen molar-refractivity contribution in [3.05, 3.63) is 0 Å². The fourth-order valence-corrected chi connectivity index (χ4v) is 3.45. The van der Waals surface area contributed by atoms with Crippen molar-refractivity contribution in [2.24, 2.45) is 5.41 Å². The van der Waals surface area contributed by atoms with Crippen LogP contribution in [0.5, 0.6) is 0 Å². The van der Waals surface area contributed by atoms with Gasteiger partial charge in [0.15, 0.2) is 9.84 Å². The number of carbonyl (C=O) groups is 1. The van der Waals surface area contributed by atoms with Gasteiger partial charge in [0, 0.05) is 0 Å². The van der Waals surface area contributed by atoms with Gasteiger partial charge in [-0.15, -0.1) is 0 Å². The van der Waals surface area contributed by atoms with E-state index in [4.69, 9.17) is 0 Å². The number of aldehydes is 1. The lowest BCUT2D eigenvalue weighted by Gasteiger charge is -2.36. The average molecular weight is 216 g/mol. The van der Waals surface area contributed by atoms with Gasteiger partial charge >= 0.3 is 6.18 Å². The second kappa shape index (κ2) is 2.70. The molecule has 0 unspecified atom stereocenters. The SMILES string of the molecule is O=CC1(CC(F)(F)F)CS(=O)(=O)C1. The minimum atomic E-state index is -4.49. The van der Waals surface area contributed by atoms with Crippen molar-refractivity contribution < 1.29 is 26.4 Å². The summed E-state index contributed by atoms with van der Waals surface area (Å²) in [6.07, 6.45) is -5.74. The molecule has 1 rings (SSSR count). The first-order chi connectivity index (χ1) is 5.68. The van der Waals surface area contributed by atoms with Crippen molar-refractivity contribution in [1.82, 2.24) is 0 Å². The van der Waals surface area contributed by atoms with Gasteiger partial charge in [-0.1, -0.05) is 0 Å². The first-order valence-electron chi connectivity index (χ1n) is 3.42. The van der Waals surface area contributed by atoms with Crippen LogP contribution >= 0.6 is 0 Å². The van der Waals surface area contributed by atoms with Crippen molar-refractivity contribution >= 4 is 16.1 Å². The molecule has 1 aliphatic heterocycles. The van der Waals surface area contributed by atoms with Gasteiger partial charge in [-0.2, -0.15) is 13.2 Å². The van der Waals surface area contributed by atoms with Gasteiger partial charge in [-0.05, 0) is 0 Å². The summed E-state index contributed by atoms with van der Waals surface area (Å²) in [4.78, 5) is 10.3. The summed E-state index contributed by atoms with van der Waals surface area (Å²) in [6.45, 7) is 0. The predicted octanol–water partition coefficient (Wildman–Crippen LogP) is 0.553. The lowest BCUT2D eigenvalue weighted by molar-refractivity contribution is -0.158. The maximum absolute atomic E-state index is 11.9.